The molecule has 32 heavy (non-hydrogen) atoms. The number of ether oxygens (including phenoxy) is 3. The summed E-state index contributed by atoms with van der Waals surface area (Å²) in [4.78, 5) is 21.4. The van der Waals surface area contributed by atoms with E-state index >= 15 is 0 Å². The Morgan fingerprint density at radius 1 is 1.03 bits per heavy atom. The summed E-state index contributed by atoms with van der Waals surface area (Å²) in [7, 11) is 6.69. The molecular formula is C21H22F3N3O4S. The highest BCUT2D eigenvalue weighted by Crippen LogP contribution is 2.35. The number of alkyl halides is 3. The molecule has 0 unspecified atom stereocenters. The monoisotopic (exact) mass is 469 g/mol. The van der Waals surface area contributed by atoms with Crippen LogP contribution in [-0.4, -0.2) is 63.6 Å². The number of carbonyl (C=O) groups is 1. The summed E-state index contributed by atoms with van der Waals surface area (Å²) in [6, 6.07) is 8.76. The van der Waals surface area contributed by atoms with Gasteiger partial charge < -0.3 is 19.1 Å². The first-order valence-electron chi connectivity index (χ1n) is 9.46. The van der Waals surface area contributed by atoms with Crippen molar-refractivity contribution in [2.45, 2.75) is 6.36 Å². The van der Waals surface area contributed by atoms with E-state index in [0.29, 0.717) is 39.9 Å². The lowest BCUT2D eigenvalue weighted by Crippen LogP contribution is -2.37. The molecule has 1 heterocycles. The highest BCUT2D eigenvalue weighted by atomic mass is 32.1. The number of hydrogen-bond acceptors (Lipinski definition) is 7. The Balaban J connectivity index is 2.02. The van der Waals surface area contributed by atoms with E-state index in [1.165, 1.54) is 37.3 Å². The number of thiazole rings is 1. The van der Waals surface area contributed by atoms with Gasteiger partial charge in [0.25, 0.3) is 5.91 Å². The van der Waals surface area contributed by atoms with Gasteiger partial charge in [-0.2, -0.15) is 0 Å². The second kappa shape index (κ2) is 9.61. The van der Waals surface area contributed by atoms with E-state index in [4.69, 9.17) is 9.47 Å². The predicted octanol–water partition coefficient (Wildman–Crippen LogP) is 4.42. The lowest BCUT2D eigenvalue weighted by Gasteiger charge is -2.23. The van der Waals surface area contributed by atoms with Crippen LogP contribution in [0.1, 0.15) is 10.4 Å². The topological polar surface area (TPSA) is 64.1 Å². The van der Waals surface area contributed by atoms with Crippen LogP contribution in [0.3, 0.4) is 0 Å². The number of aromatic nitrogens is 1. The van der Waals surface area contributed by atoms with Gasteiger partial charge in [-0.15, -0.1) is 13.2 Å². The van der Waals surface area contributed by atoms with Gasteiger partial charge in [-0.25, -0.2) is 4.98 Å². The number of nitrogens with zero attached hydrogens (tertiary/aromatic N) is 3. The second-order valence-electron chi connectivity index (χ2n) is 7.00. The van der Waals surface area contributed by atoms with E-state index in [9.17, 15) is 18.0 Å². The maximum absolute atomic E-state index is 13.5. The van der Waals surface area contributed by atoms with Crippen LogP contribution in [0.5, 0.6) is 17.2 Å². The van der Waals surface area contributed by atoms with Crippen LogP contribution >= 0.6 is 11.3 Å². The minimum absolute atomic E-state index is 0.283. The second-order valence-corrected chi connectivity index (χ2v) is 8.01. The molecule has 0 N–H and O–H groups in total. The third-order valence-electron chi connectivity index (χ3n) is 4.47. The fourth-order valence-corrected chi connectivity index (χ4v) is 3.93. The number of halogens is 3. The third-order valence-corrected chi connectivity index (χ3v) is 5.51. The Hall–Kier alpha value is -3.05. The molecule has 0 radical (unpaired) electrons. The predicted molar refractivity (Wildman–Crippen MR) is 116 cm³/mol. The molecule has 0 bridgehead atoms. The number of methoxy groups -OCH3 is 2. The van der Waals surface area contributed by atoms with E-state index in [2.05, 4.69) is 9.72 Å². The molecule has 11 heteroatoms. The van der Waals surface area contributed by atoms with Gasteiger partial charge in [-0.3, -0.25) is 9.69 Å². The van der Waals surface area contributed by atoms with Gasteiger partial charge in [0.1, 0.15) is 17.2 Å². The molecule has 0 saturated heterocycles. The van der Waals surface area contributed by atoms with E-state index in [0.717, 1.165) is 11.3 Å². The first-order chi connectivity index (χ1) is 15.1. The van der Waals surface area contributed by atoms with Crippen molar-refractivity contribution in [3.63, 3.8) is 0 Å². The van der Waals surface area contributed by atoms with Gasteiger partial charge in [-0.05, 0) is 44.4 Å². The number of hydrogen-bond donors (Lipinski definition) is 0. The van der Waals surface area contributed by atoms with Crippen molar-refractivity contribution in [3.8, 4) is 17.2 Å². The van der Waals surface area contributed by atoms with Crippen LogP contribution in [0.25, 0.3) is 10.2 Å². The first-order valence-corrected chi connectivity index (χ1v) is 10.3. The molecule has 2 aromatic carbocycles. The van der Waals surface area contributed by atoms with Crippen LogP contribution < -0.4 is 19.1 Å². The van der Waals surface area contributed by atoms with Crippen LogP contribution in [-0.2, 0) is 0 Å². The van der Waals surface area contributed by atoms with Crippen molar-refractivity contribution in [3.05, 3.63) is 42.0 Å². The zero-order valence-corrected chi connectivity index (χ0v) is 18.7. The molecule has 7 nitrogen and oxygen atoms in total. The maximum Gasteiger partial charge on any atom is 0.573 e. The number of anilines is 1. The van der Waals surface area contributed by atoms with E-state index in [1.54, 1.807) is 18.2 Å². The SMILES string of the molecule is COc1ccc(OC)c(C(=O)N(CCN(C)C)c2nc3ccc(OC(F)(F)F)cc3s2)c1. The van der Waals surface area contributed by atoms with Crippen LogP contribution in [0, 0.1) is 0 Å². The van der Waals surface area contributed by atoms with Gasteiger partial charge in [0.15, 0.2) is 5.13 Å². The number of fused-ring (bicyclic) bond motifs is 1. The molecule has 3 aromatic rings. The van der Waals surface area contributed by atoms with E-state index < -0.39 is 6.36 Å². The van der Waals surface area contributed by atoms with Gasteiger partial charge in [0.05, 0.1) is 30.0 Å². The summed E-state index contributed by atoms with van der Waals surface area (Å²) in [6.45, 7) is 0.842. The minimum atomic E-state index is -4.79. The average molecular weight is 469 g/mol. The standard InChI is InChI=1S/C21H22F3N3O4S/c1-26(2)9-10-27(19(28)15-11-13(29-3)6-8-17(15)30-4)20-25-16-7-5-14(12-18(16)32-20)31-21(22,23)24/h5-8,11-12H,9-10H2,1-4H3. The Morgan fingerprint density at radius 3 is 2.38 bits per heavy atom. The van der Waals surface area contributed by atoms with E-state index in [1.807, 2.05) is 19.0 Å². The molecule has 0 fully saturated rings. The van der Waals surface area contributed by atoms with Crippen LogP contribution in [0.2, 0.25) is 0 Å². The molecule has 0 aliphatic rings. The van der Waals surface area contributed by atoms with Crippen molar-refractivity contribution < 1.29 is 32.2 Å². The van der Waals surface area contributed by atoms with Crippen molar-refractivity contribution in [1.82, 2.24) is 9.88 Å². The average Bonchev–Trinajstić information content (AvgIpc) is 3.14. The van der Waals surface area contributed by atoms with Crippen molar-refractivity contribution in [2.75, 3.05) is 46.3 Å². The zero-order valence-electron chi connectivity index (χ0n) is 17.9. The van der Waals surface area contributed by atoms with Gasteiger partial charge >= 0.3 is 6.36 Å². The molecular weight excluding hydrogens is 447 g/mol. The molecule has 3 rings (SSSR count). The summed E-state index contributed by atoms with van der Waals surface area (Å²) in [5, 5.41) is 0.348. The Bertz CT molecular complexity index is 1100. The largest absolute Gasteiger partial charge is 0.573 e. The zero-order chi connectivity index (χ0) is 23.5. The molecule has 1 aromatic heterocycles. The van der Waals surface area contributed by atoms with Crippen LogP contribution in [0.15, 0.2) is 36.4 Å². The summed E-state index contributed by atoms with van der Waals surface area (Å²) in [5.74, 6) is 0.141. The van der Waals surface area contributed by atoms with Crippen LogP contribution in [0.4, 0.5) is 18.3 Å². The Morgan fingerprint density at radius 2 is 1.75 bits per heavy atom. The third kappa shape index (κ3) is 5.60. The summed E-state index contributed by atoms with van der Waals surface area (Å²) >= 11 is 1.10. The molecule has 0 atom stereocenters. The number of carbonyl (C=O) groups excluding carboxylic acids is 1. The Kier molecular flexibility index (Phi) is 7.09. The summed E-state index contributed by atoms with van der Waals surface area (Å²) < 4.78 is 52.7. The molecule has 0 spiro atoms. The normalized spacial score (nSPS) is 11.6. The fraction of sp³-hybridized carbons (Fsp3) is 0.333. The molecule has 0 saturated carbocycles. The van der Waals surface area contributed by atoms with Crippen molar-refractivity contribution >= 4 is 32.6 Å². The molecule has 0 aliphatic heterocycles. The molecule has 0 aliphatic carbocycles. The first kappa shape index (κ1) is 23.6. The number of rotatable bonds is 8. The molecule has 172 valence electrons. The number of benzene rings is 2. The number of amides is 1. The summed E-state index contributed by atoms with van der Waals surface area (Å²) in [5.41, 5.74) is 0.741. The van der Waals surface area contributed by atoms with Gasteiger partial charge in [0.2, 0.25) is 0 Å². The van der Waals surface area contributed by atoms with E-state index in [-0.39, 0.29) is 17.2 Å². The van der Waals surface area contributed by atoms with Gasteiger partial charge in [0, 0.05) is 19.2 Å². The minimum Gasteiger partial charge on any atom is -0.497 e. The highest BCUT2D eigenvalue weighted by molar-refractivity contribution is 7.22. The number of likely N-dealkylation sites (N-methyl/N-ethyl adjacent to an activating group) is 1. The summed E-state index contributed by atoms with van der Waals surface area (Å²) in [6.07, 6.45) is -4.79. The maximum atomic E-state index is 13.5. The lowest BCUT2D eigenvalue weighted by molar-refractivity contribution is -0.274. The smallest absolute Gasteiger partial charge is 0.497 e. The fourth-order valence-electron chi connectivity index (χ4n) is 2.92. The quantitative estimate of drug-likeness (QED) is 0.487. The van der Waals surface area contributed by atoms with Crippen molar-refractivity contribution in [2.24, 2.45) is 0 Å². The molecule has 1 amide bonds. The Labute approximate surface area is 186 Å². The highest BCUT2D eigenvalue weighted by Gasteiger charge is 2.31. The van der Waals surface area contributed by atoms with Crippen molar-refractivity contribution in [1.29, 1.82) is 0 Å². The lowest BCUT2D eigenvalue weighted by atomic mass is 10.1. The van der Waals surface area contributed by atoms with Gasteiger partial charge in [-0.1, -0.05) is 11.3 Å².